The summed E-state index contributed by atoms with van der Waals surface area (Å²) in [6.45, 7) is 2.51. The van der Waals surface area contributed by atoms with E-state index in [1.54, 1.807) is 6.20 Å². The van der Waals surface area contributed by atoms with Gasteiger partial charge in [-0.3, -0.25) is 14.6 Å². The number of nitrogens with zero attached hydrogens (tertiary/aromatic N) is 3. The molecule has 2 fully saturated rings. The quantitative estimate of drug-likeness (QED) is 0.861. The first-order chi connectivity index (χ1) is 11.7. The molecule has 2 aromatic heterocycles. The van der Waals surface area contributed by atoms with Gasteiger partial charge in [0.25, 0.3) is 5.91 Å². The Balaban J connectivity index is 1.45. The minimum atomic E-state index is -0.388. The van der Waals surface area contributed by atoms with E-state index in [0.29, 0.717) is 19.6 Å². The normalized spacial score (nSPS) is 23.4. The molecule has 0 aromatic carbocycles. The molecule has 124 valence electrons. The molecule has 4 heterocycles. The summed E-state index contributed by atoms with van der Waals surface area (Å²) in [6.07, 6.45) is 3.34. The molecule has 24 heavy (non-hydrogen) atoms. The Morgan fingerprint density at radius 3 is 2.88 bits per heavy atom. The highest BCUT2D eigenvalue weighted by atomic mass is 32.1. The molecule has 2 saturated heterocycles. The monoisotopic (exact) mass is 341 g/mol. The van der Waals surface area contributed by atoms with Crippen molar-refractivity contribution in [3.8, 4) is 0 Å². The maximum Gasteiger partial charge on any atom is 0.254 e. The van der Waals surface area contributed by atoms with E-state index in [1.807, 2.05) is 44.8 Å². The number of amides is 2. The number of carbonyl (C=O) groups excluding carboxylic acids is 2. The standard InChI is InChI=1S/C18H19N3O2S/c22-16(14-4-10-24-12-14)21-9-6-18(13-21)5-8-20(17(18)23)11-15-3-1-2-7-19-15/h1-4,7,10,12H,5-6,8-9,11,13H2/t18-/m0/s1. The Morgan fingerprint density at radius 2 is 2.12 bits per heavy atom. The van der Waals surface area contributed by atoms with E-state index in [-0.39, 0.29) is 17.2 Å². The minimum absolute atomic E-state index is 0.0455. The lowest BCUT2D eigenvalue weighted by molar-refractivity contribution is -0.135. The zero-order valence-electron chi connectivity index (χ0n) is 13.4. The van der Waals surface area contributed by atoms with Crippen LogP contribution in [0.2, 0.25) is 0 Å². The number of hydrogen-bond acceptors (Lipinski definition) is 4. The molecule has 5 nitrogen and oxygen atoms in total. The first-order valence-electron chi connectivity index (χ1n) is 8.19. The predicted molar refractivity (Wildman–Crippen MR) is 91.5 cm³/mol. The maximum absolute atomic E-state index is 13.0. The second-order valence-electron chi connectivity index (χ2n) is 6.57. The first kappa shape index (κ1) is 15.3. The number of likely N-dealkylation sites (tertiary alicyclic amines) is 2. The molecule has 1 spiro atoms. The van der Waals surface area contributed by atoms with Crippen LogP contribution in [0.15, 0.2) is 41.2 Å². The number of hydrogen-bond donors (Lipinski definition) is 0. The summed E-state index contributed by atoms with van der Waals surface area (Å²) in [5.41, 5.74) is 1.25. The summed E-state index contributed by atoms with van der Waals surface area (Å²) < 4.78 is 0. The van der Waals surface area contributed by atoms with E-state index in [1.165, 1.54) is 11.3 Å². The van der Waals surface area contributed by atoms with Crippen molar-refractivity contribution in [2.24, 2.45) is 5.41 Å². The molecule has 6 heteroatoms. The van der Waals surface area contributed by atoms with Gasteiger partial charge in [-0.1, -0.05) is 6.07 Å². The largest absolute Gasteiger partial charge is 0.338 e. The van der Waals surface area contributed by atoms with Gasteiger partial charge in [-0.15, -0.1) is 0 Å². The summed E-state index contributed by atoms with van der Waals surface area (Å²) in [6, 6.07) is 7.61. The highest BCUT2D eigenvalue weighted by Gasteiger charge is 2.51. The van der Waals surface area contributed by atoms with Crippen LogP contribution < -0.4 is 0 Å². The fourth-order valence-electron chi connectivity index (χ4n) is 3.72. The average Bonchev–Trinajstić information content (AvgIpc) is 3.34. The zero-order valence-corrected chi connectivity index (χ0v) is 14.2. The number of thiophene rings is 1. The van der Waals surface area contributed by atoms with Crippen molar-refractivity contribution in [2.45, 2.75) is 19.4 Å². The molecule has 2 aliphatic rings. The molecule has 0 radical (unpaired) electrons. The van der Waals surface area contributed by atoms with Crippen molar-refractivity contribution in [3.05, 3.63) is 52.5 Å². The predicted octanol–water partition coefficient (Wildman–Crippen LogP) is 2.41. The van der Waals surface area contributed by atoms with Crippen molar-refractivity contribution in [2.75, 3.05) is 19.6 Å². The summed E-state index contributed by atoms with van der Waals surface area (Å²) in [5, 5.41) is 3.78. The van der Waals surface area contributed by atoms with Crippen LogP contribution in [-0.4, -0.2) is 46.2 Å². The number of carbonyl (C=O) groups is 2. The molecule has 2 aliphatic heterocycles. The van der Waals surface area contributed by atoms with Crippen LogP contribution in [0.5, 0.6) is 0 Å². The van der Waals surface area contributed by atoms with Gasteiger partial charge in [-0.25, -0.2) is 0 Å². The van der Waals surface area contributed by atoms with E-state index in [2.05, 4.69) is 4.98 Å². The highest BCUT2D eigenvalue weighted by molar-refractivity contribution is 7.08. The SMILES string of the molecule is O=C(c1ccsc1)N1CC[C@@]2(CCN(Cc3ccccn3)C2=O)C1. The Bertz CT molecular complexity index is 747. The van der Waals surface area contributed by atoms with E-state index in [9.17, 15) is 9.59 Å². The van der Waals surface area contributed by atoms with Gasteiger partial charge < -0.3 is 9.80 Å². The third kappa shape index (κ3) is 2.60. The van der Waals surface area contributed by atoms with Crippen molar-refractivity contribution >= 4 is 23.2 Å². The lowest BCUT2D eigenvalue weighted by atomic mass is 9.85. The number of pyridine rings is 1. The van der Waals surface area contributed by atoms with Crippen LogP contribution >= 0.6 is 11.3 Å². The molecule has 1 atom stereocenters. The van der Waals surface area contributed by atoms with Crippen LogP contribution in [-0.2, 0) is 11.3 Å². The molecule has 0 saturated carbocycles. The Hall–Kier alpha value is -2.21. The van der Waals surface area contributed by atoms with E-state index < -0.39 is 0 Å². The average molecular weight is 341 g/mol. The van der Waals surface area contributed by atoms with Crippen LogP contribution in [0.1, 0.15) is 28.9 Å². The van der Waals surface area contributed by atoms with Gasteiger partial charge in [0.05, 0.1) is 23.2 Å². The fraction of sp³-hybridized carbons (Fsp3) is 0.389. The Morgan fingerprint density at radius 1 is 1.25 bits per heavy atom. The number of rotatable bonds is 3. The van der Waals surface area contributed by atoms with Crippen molar-refractivity contribution in [1.29, 1.82) is 0 Å². The van der Waals surface area contributed by atoms with Gasteiger partial charge in [0.1, 0.15) is 0 Å². The molecule has 0 unspecified atom stereocenters. The van der Waals surface area contributed by atoms with Gasteiger partial charge in [0, 0.05) is 31.2 Å². The molecule has 2 amide bonds. The second-order valence-corrected chi connectivity index (χ2v) is 7.35. The Kier molecular flexibility index (Phi) is 3.84. The molecule has 4 rings (SSSR count). The second kappa shape index (κ2) is 6.02. The van der Waals surface area contributed by atoms with Gasteiger partial charge in [-0.05, 0) is 36.4 Å². The van der Waals surface area contributed by atoms with Crippen LogP contribution in [0, 0.1) is 5.41 Å². The molecular weight excluding hydrogens is 322 g/mol. The topological polar surface area (TPSA) is 53.5 Å². The first-order valence-corrected chi connectivity index (χ1v) is 9.13. The van der Waals surface area contributed by atoms with E-state index in [4.69, 9.17) is 0 Å². The van der Waals surface area contributed by atoms with Crippen LogP contribution in [0.4, 0.5) is 0 Å². The summed E-state index contributed by atoms with van der Waals surface area (Å²) in [5.74, 6) is 0.220. The van der Waals surface area contributed by atoms with Gasteiger partial charge in [0.15, 0.2) is 0 Å². The van der Waals surface area contributed by atoms with E-state index >= 15 is 0 Å². The molecular formula is C18H19N3O2S. The van der Waals surface area contributed by atoms with E-state index in [0.717, 1.165) is 30.6 Å². The Labute approximate surface area is 144 Å². The highest BCUT2D eigenvalue weighted by Crippen LogP contribution is 2.41. The zero-order chi connectivity index (χ0) is 16.6. The lowest BCUT2D eigenvalue weighted by Gasteiger charge is -2.23. The van der Waals surface area contributed by atoms with Crippen molar-refractivity contribution < 1.29 is 9.59 Å². The summed E-state index contributed by atoms with van der Waals surface area (Å²) >= 11 is 1.52. The molecule has 0 aliphatic carbocycles. The van der Waals surface area contributed by atoms with Crippen LogP contribution in [0.3, 0.4) is 0 Å². The summed E-state index contributed by atoms with van der Waals surface area (Å²) in [7, 11) is 0. The maximum atomic E-state index is 13.0. The van der Waals surface area contributed by atoms with Gasteiger partial charge in [-0.2, -0.15) is 11.3 Å². The van der Waals surface area contributed by atoms with Gasteiger partial charge >= 0.3 is 0 Å². The minimum Gasteiger partial charge on any atom is -0.338 e. The lowest BCUT2D eigenvalue weighted by Crippen LogP contribution is -2.38. The van der Waals surface area contributed by atoms with Crippen LogP contribution in [0.25, 0.3) is 0 Å². The third-order valence-corrected chi connectivity index (χ3v) is 5.77. The molecule has 2 aromatic rings. The molecule has 0 N–H and O–H groups in total. The summed E-state index contributed by atoms with van der Waals surface area (Å²) in [4.78, 5) is 33.5. The molecule has 0 bridgehead atoms. The van der Waals surface area contributed by atoms with Crippen molar-refractivity contribution in [3.63, 3.8) is 0 Å². The van der Waals surface area contributed by atoms with Crippen molar-refractivity contribution in [1.82, 2.24) is 14.8 Å². The smallest absolute Gasteiger partial charge is 0.254 e. The van der Waals surface area contributed by atoms with Gasteiger partial charge in [0.2, 0.25) is 5.91 Å². The fourth-order valence-corrected chi connectivity index (χ4v) is 4.35. The number of aromatic nitrogens is 1. The third-order valence-electron chi connectivity index (χ3n) is 5.09.